The molecule has 3 aromatic carbocycles. The molecule has 0 spiro atoms. The van der Waals surface area contributed by atoms with E-state index in [4.69, 9.17) is 9.47 Å². The van der Waals surface area contributed by atoms with Crippen LogP contribution in [0.5, 0.6) is 0 Å². The number of alkyl carbamates (subject to hydrolysis) is 1. The number of aromatic nitrogens is 2. The maximum Gasteiger partial charge on any atom is 0.408 e. The quantitative estimate of drug-likeness (QED) is 0.0672. The third-order valence-electron chi connectivity index (χ3n) is 7.51. The van der Waals surface area contributed by atoms with E-state index in [1.807, 2.05) is 91.0 Å². The number of amides is 2. The number of hydrogen-bond acceptors (Lipinski definition) is 6. The third kappa shape index (κ3) is 9.73. The van der Waals surface area contributed by atoms with Crippen molar-refractivity contribution in [2.75, 3.05) is 6.61 Å². The van der Waals surface area contributed by atoms with Crippen molar-refractivity contribution in [3.05, 3.63) is 126 Å². The van der Waals surface area contributed by atoms with E-state index in [1.54, 1.807) is 31.5 Å². The zero-order chi connectivity index (χ0) is 34.1. The molecule has 0 saturated heterocycles. The lowest BCUT2D eigenvalue weighted by atomic mass is 9.77. The van der Waals surface area contributed by atoms with E-state index in [1.165, 1.54) is 6.20 Å². The molecule has 1 heterocycles. The van der Waals surface area contributed by atoms with Gasteiger partial charge < -0.3 is 24.7 Å². The zero-order valence-corrected chi connectivity index (χ0v) is 29.2. The van der Waals surface area contributed by atoms with Crippen molar-refractivity contribution in [2.24, 2.45) is 0 Å². The number of imidazole rings is 1. The minimum atomic E-state index is -1.31. The van der Waals surface area contributed by atoms with Crippen LogP contribution in [0.4, 0.5) is 4.79 Å². The van der Waals surface area contributed by atoms with Gasteiger partial charge in [0.2, 0.25) is 11.7 Å². The van der Waals surface area contributed by atoms with Gasteiger partial charge in [-0.15, -0.1) is 0 Å². The SMILES string of the molecule is CC(C)(C)OC(=O)N[C@H](CC(=O)NC(c1ccccc1)(c1ccccc1)c1ccccc1)C(=O)c1nccn1COCC[Si](C)(C)C. The number of benzene rings is 3. The van der Waals surface area contributed by atoms with E-state index in [9.17, 15) is 14.4 Å². The standard InChI is InChI=1S/C37H46N4O5Si/c1-36(2,3)46-35(44)39-31(33(43)34-38-22-23-41(34)27-45-24-25-47(4,5)6)26-32(42)40-37(28-16-10-7-11-17-28,29-18-12-8-13-19-29)30-20-14-9-15-21-30/h7-23,31H,24-27H2,1-6H3,(H,39,44)(H,40,42)/t31-/m1/s1. The number of nitrogens with zero attached hydrogens (tertiary/aromatic N) is 2. The van der Waals surface area contributed by atoms with E-state index in [2.05, 4.69) is 35.3 Å². The predicted molar refractivity (Wildman–Crippen MR) is 186 cm³/mol. The zero-order valence-electron chi connectivity index (χ0n) is 28.2. The van der Waals surface area contributed by atoms with Gasteiger partial charge in [0.1, 0.15) is 23.9 Å². The Bertz CT molecular complexity index is 1520. The van der Waals surface area contributed by atoms with E-state index in [-0.39, 0.29) is 19.0 Å². The second kappa shape index (κ2) is 15.4. The van der Waals surface area contributed by atoms with E-state index in [0.717, 1.165) is 22.7 Å². The smallest absolute Gasteiger partial charge is 0.408 e. The molecule has 0 aliphatic rings. The number of rotatable bonds is 14. The highest BCUT2D eigenvalue weighted by Gasteiger charge is 2.39. The van der Waals surface area contributed by atoms with Crippen LogP contribution in [0.25, 0.3) is 0 Å². The van der Waals surface area contributed by atoms with E-state index < -0.39 is 43.0 Å². The maximum absolute atomic E-state index is 14.2. The topological polar surface area (TPSA) is 112 Å². The van der Waals surface area contributed by atoms with Gasteiger partial charge in [-0.3, -0.25) is 9.59 Å². The highest BCUT2D eigenvalue weighted by Crippen LogP contribution is 2.37. The van der Waals surface area contributed by atoms with Crippen LogP contribution in [0.3, 0.4) is 0 Å². The molecule has 4 rings (SSSR count). The van der Waals surface area contributed by atoms with Crippen molar-refractivity contribution in [3.63, 3.8) is 0 Å². The summed E-state index contributed by atoms with van der Waals surface area (Å²) in [5.74, 6) is -0.915. The fourth-order valence-electron chi connectivity index (χ4n) is 5.22. The molecule has 248 valence electrons. The third-order valence-corrected chi connectivity index (χ3v) is 9.21. The molecular weight excluding hydrogens is 609 g/mol. The van der Waals surface area contributed by atoms with Crippen LogP contribution in [0.1, 0.15) is 54.5 Å². The Balaban J connectivity index is 1.68. The second-order valence-electron chi connectivity index (χ2n) is 13.7. The normalized spacial score (nSPS) is 12.6. The van der Waals surface area contributed by atoms with Crippen LogP contribution in [0.15, 0.2) is 103 Å². The van der Waals surface area contributed by atoms with Crippen molar-refractivity contribution < 1.29 is 23.9 Å². The van der Waals surface area contributed by atoms with Crippen LogP contribution < -0.4 is 10.6 Å². The molecule has 1 atom stereocenters. The number of Topliss-reactive ketones (excluding diaryl/α,β-unsaturated/α-hetero) is 1. The number of nitrogens with one attached hydrogen (secondary N) is 2. The van der Waals surface area contributed by atoms with Gasteiger partial charge in [0.15, 0.2) is 5.82 Å². The summed E-state index contributed by atoms with van der Waals surface area (Å²) in [4.78, 5) is 45.6. The molecule has 0 radical (unpaired) electrons. The monoisotopic (exact) mass is 654 g/mol. The van der Waals surface area contributed by atoms with Crippen molar-refractivity contribution >= 4 is 25.9 Å². The molecule has 2 N–H and O–H groups in total. The van der Waals surface area contributed by atoms with Gasteiger partial charge in [-0.2, -0.15) is 0 Å². The van der Waals surface area contributed by atoms with Crippen LogP contribution in [-0.2, 0) is 26.5 Å². The Labute approximate surface area is 278 Å². The van der Waals surface area contributed by atoms with Crippen molar-refractivity contribution in [1.29, 1.82) is 0 Å². The molecule has 0 aliphatic carbocycles. The summed E-state index contributed by atoms with van der Waals surface area (Å²) < 4.78 is 13.0. The average Bonchev–Trinajstić information content (AvgIpc) is 3.50. The van der Waals surface area contributed by atoms with Crippen molar-refractivity contribution in [2.45, 2.75) is 76.8 Å². The minimum Gasteiger partial charge on any atom is -0.444 e. The van der Waals surface area contributed by atoms with Crippen molar-refractivity contribution in [1.82, 2.24) is 20.2 Å². The molecule has 0 bridgehead atoms. The average molecular weight is 655 g/mol. The summed E-state index contributed by atoms with van der Waals surface area (Å²) in [7, 11) is -1.31. The highest BCUT2D eigenvalue weighted by atomic mass is 28.3. The molecule has 2 amide bonds. The van der Waals surface area contributed by atoms with Gasteiger partial charge in [-0.05, 0) is 43.5 Å². The first kappa shape index (κ1) is 35.3. The summed E-state index contributed by atoms with van der Waals surface area (Å²) in [6.07, 6.45) is 1.98. The summed E-state index contributed by atoms with van der Waals surface area (Å²) in [6.45, 7) is 12.7. The Morgan fingerprint density at radius 1 is 0.830 bits per heavy atom. The van der Waals surface area contributed by atoms with Gasteiger partial charge in [-0.25, -0.2) is 9.78 Å². The van der Waals surface area contributed by atoms with Gasteiger partial charge in [-0.1, -0.05) is 111 Å². The van der Waals surface area contributed by atoms with Crippen LogP contribution in [0, 0.1) is 0 Å². The molecule has 47 heavy (non-hydrogen) atoms. The number of carbonyl (C=O) groups is 3. The number of hydrogen-bond donors (Lipinski definition) is 2. The van der Waals surface area contributed by atoms with Crippen LogP contribution in [0.2, 0.25) is 25.7 Å². The molecule has 4 aromatic rings. The number of ether oxygens (including phenoxy) is 2. The van der Waals surface area contributed by atoms with Gasteiger partial charge in [0.25, 0.3) is 0 Å². The summed E-state index contributed by atoms with van der Waals surface area (Å²) >= 11 is 0. The molecule has 10 heteroatoms. The lowest BCUT2D eigenvalue weighted by molar-refractivity contribution is -0.122. The first-order chi connectivity index (χ1) is 22.3. The van der Waals surface area contributed by atoms with Crippen LogP contribution in [-0.4, -0.2) is 53.7 Å². The molecule has 1 aromatic heterocycles. The molecule has 9 nitrogen and oxygen atoms in total. The highest BCUT2D eigenvalue weighted by molar-refractivity contribution is 6.76. The first-order valence-corrected chi connectivity index (χ1v) is 19.6. The first-order valence-electron chi connectivity index (χ1n) is 15.9. The Kier molecular flexibility index (Phi) is 11.5. The van der Waals surface area contributed by atoms with Gasteiger partial charge >= 0.3 is 6.09 Å². The molecule has 0 aliphatic heterocycles. The lowest BCUT2D eigenvalue weighted by Crippen LogP contribution is -2.51. The fraction of sp³-hybridized carbons (Fsp3) is 0.351. The molecule has 0 saturated carbocycles. The van der Waals surface area contributed by atoms with Crippen molar-refractivity contribution in [3.8, 4) is 0 Å². The Morgan fingerprint density at radius 2 is 1.34 bits per heavy atom. The number of carbonyl (C=O) groups excluding carboxylic acids is 3. The maximum atomic E-state index is 14.2. The van der Waals surface area contributed by atoms with Crippen LogP contribution >= 0.6 is 0 Å². The minimum absolute atomic E-state index is 0.0762. The summed E-state index contributed by atoms with van der Waals surface area (Å²) in [5, 5.41) is 5.92. The van der Waals surface area contributed by atoms with E-state index in [0.29, 0.717) is 6.61 Å². The lowest BCUT2D eigenvalue weighted by Gasteiger charge is -2.37. The Morgan fingerprint density at radius 3 is 1.81 bits per heavy atom. The largest absolute Gasteiger partial charge is 0.444 e. The molecular formula is C37H46N4O5Si. The predicted octanol–water partition coefficient (Wildman–Crippen LogP) is 6.77. The molecule has 0 fully saturated rings. The summed E-state index contributed by atoms with van der Waals surface area (Å²) in [5.41, 5.74) is 0.591. The second-order valence-corrected chi connectivity index (χ2v) is 19.4. The fourth-order valence-corrected chi connectivity index (χ4v) is 5.98. The van der Waals surface area contributed by atoms with Gasteiger partial charge in [0.05, 0.1) is 6.42 Å². The number of ketones is 1. The summed E-state index contributed by atoms with van der Waals surface area (Å²) in [6, 6.07) is 28.7. The van der Waals surface area contributed by atoms with Gasteiger partial charge in [0, 0.05) is 27.1 Å². The molecule has 0 unspecified atom stereocenters. The Hall–Kier alpha value is -4.54. The van der Waals surface area contributed by atoms with E-state index >= 15 is 0 Å².